The first-order valence-electron chi connectivity index (χ1n) is 5.80. The summed E-state index contributed by atoms with van der Waals surface area (Å²) >= 11 is 0. The molecule has 114 valence electrons. The predicted molar refractivity (Wildman–Crippen MR) is 73.7 cm³/mol. The summed E-state index contributed by atoms with van der Waals surface area (Å²) in [7, 11) is 6.30. The van der Waals surface area contributed by atoms with E-state index in [1.54, 1.807) is 39.5 Å². The van der Waals surface area contributed by atoms with Gasteiger partial charge in [0.15, 0.2) is 0 Å². The van der Waals surface area contributed by atoms with Gasteiger partial charge in [-0.25, -0.2) is 0 Å². The number of carboxylic acid groups (broad SMARTS) is 1. The summed E-state index contributed by atoms with van der Waals surface area (Å²) in [5, 5.41) is 18.8. The van der Waals surface area contributed by atoms with Crippen molar-refractivity contribution in [1.82, 2.24) is 5.32 Å². The highest BCUT2D eigenvalue weighted by molar-refractivity contribution is 5.73. The molecule has 0 aliphatic rings. The maximum Gasteiger partial charge on any atom is 0.323 e. The first kappa shape index (κ1) is 18.0. The summed E-state index contributed by atoms with van der Waals surface area (Å²) in [5.41, 5.74) is 0. The second-order valence-corrected chi connectivity index (χ2v) is 3.61. The first-order chi connectivity index (χ1) is 9.51. The molecule has 7 nitrogen and oxygen atoms in total. The maximum atomic E-state index is 9.94. The SMILES string of the molecule is CNC(CO)C(=O)O.COc1cc(OC)cc(OC)c1. The van der Waals surface area contributed by atoms with Crippen LogP contribution in [0.1, 0.15) is 0 Å². The van der Waals surface area contributed by atoms with E-state index in [1.165, 1.54) is 7.05 Å². The highest BCUT2D eigenvalue weighted by atomic mass is 16.5. The maximum absolute atomic E-state index is 9.94. The molecule has 20 heavy (non-hydrogen) atoms. The number of rotatable bonds is 6. The molecule has 0 saturated carbocycles. The lowest BCUT2D eigenvalue weighted by molar-refractivity contribution is -0.140. The van der Waals surface area contributed by atoms with E-state index in [4.69, 9.17) is 24.4 Å². The Kier molecular flexibility index (Phi) is 8.89. The quantitative estimate of drug-likeness (QED) is 0.695. The van der Waals surface area contributed by atoms with Crippen molar-refractivity contribution in [3.63, 3.8) is 0 Å². The van der Waals surface area contributed by atoms with Crippen LogP contribution < -0.4 is 19.5 Å². The molecule has 0 aromatic heterocycles. The Bertz CT molecular complexity index is 351. The normalized spacial score (nSPS) is 10.8. The van der Waals surface area contributed by atoms with E-state index in [1.807, 2.05) is 0 Å². The number of aliphatic carboxylic acids is 1. The van der Waals surface area contributed by atoms with Crippen molar-refractivity contribution in [3.8, 4) is 17.2 Å². The summed E-state index contributed by atoms with van der Waals surface area (Å²) in [6, 6.07) is 4.56. The fraction of sp³-hybridized carbons (Fsp3) is 0.462. The number of hydrogen-bond acceptors (Lipinski definition) is 6. The van der Waals surface area contributed by atoms with Gasteiger partial charge in [0.05, 0.1) is 27.9 Å². The molecule has 0 heterocycles. The Labute approximate surface area is 118 Å². The molecule has 3 N–H and O–H groups in total. The van der Waals surface area contributed by atoms with E-state index in [2.05, 4.69) is 5.32 Å². The second-order valence-electron chi connectivity index (χ2n) is 3.61. The van der Waals surface area contributed by atoms with Crippen LogP contribution in [0.25, 0.3) is 0 Å². The Hall–Kier alpha value is -1.99. The van der Waals surface area contributed by atoms with E-state index in [9.17, 15) is 4.79 Å². The van der Waals surface area contributed by atoms with Crippen molar-refractivity contribution in [2.75, 3.05) is 35.0 Å². The molecule has 1 aromatic carbocycles. The lowest BCUT2D eigenvalue weighted by Crippen LogP contribution is -2.36. The number of carboxylic acids is 1. The Morgan fingerprint density at radius 3 is 1.55 bits per heavy atom. The lowest BCUT2D eigenvalue weighted by atomic mass is 10.3. The van der Waals surface area contributed by atoms with Crippen LogP contribution in [0, 0.1) is 0 Å². The van der Waals surface area contributed by atoms with Gasteiger partial charge >= 0.3 is 5.97 Å². The number of methoxy groups -OCH3 is 3. The van der Waals surface area contributed by atoms with Crippen molar-refractivity contribution in [2.24, 2.45) is 0 Å². The molecular formula is C13H21NO6. The minimum Gasteiger partial charge on any atom is -0.496 e. The van der Waals surface area contributed by atoms with Gasteiger partial charge in [-0.05, 0) is 7.05 Å². The number of ether oxygens (including phenoxy) is 3. The zero-order valence-corrected chi connectivity index (χ0v) is 12.0. The molecule has 0 saturated heterocycles. The first-order valence-corrected chi connectivity index (χ1v) is 5.80. The summed E-state index contributed by atoms with van der Waals surface area (Å²) < 4.78 is 15.1. The van der Waals surface area contributed by atoms with Gasteiger partial charge in [0.25, 0.3) is 0 Å². The third-order valence-corrected chi connectivity index (χ3v) is 2.39. The van der Waals surface area contributed by atoms with E-state index in [-0.39, 0.29) is 6.61 Å². The van der Waals surface area contributed by atoms with Crippen LogP contribution >= 0.6 is 0 Å². The molecule has 1 aromatic rings. The third-order valence-electron chi connectivity index (χ3n) is 2.39. The molecule has 0 bridgehead atoms. The Morgan fingerprint density at radius 1 is 1.10 bits per heavy atom. The van der Waals surface area contributed by atoms with Crippen molar-refractivity contribution >= 4 is 5.97 Å². The average Bonchev–Trinajstić information content (AvgIpc) is 2.48. The molecule has 0 aliphatic carbocycles. The molecule has 1 unspecified atom stereocenters. The number of benzene rings is 1. The van der Waals surface area contributed by atoms with Gasteiger partial charge in [-0.3, -0.25) is 4.79 Å². The van der Waals surface area contributed by atoms with Gasteiger partial charge in [-0.15, -0.1) is 0 Å². The fourth-order valence-corrected chi connectivity index (χ4v) is 1.19. The summed E-state index contributed by atoms with van der Waals surface area (Å²) in [6.07, 6.45) is 0. The summed E-state index contributed by atoms with van der Waals surface area (Å²) in [5.74, 6) is 1.15. The highest BCUT2D eigenvalue weighted by Crippen LogP contribution is 2.26. The summed E-state index contributed by atoms with van der Waals surface area (Å²) in [4.78, 5) is 9.94. The van der Waals surface area contributed by atoms with Crippen LogP contribution in [0.5, 0.6) is 17.2 Å². The molecule has 0 radical (unpaired) electrons. The number of hydrogen-bond donors (Lipinski definition) is 3. The molecule has 1 atom stereocenters. The Morgan fingerprint density at radius 2 is 1.45 bits per heavy atom. The zero-order chi connectivity index (χ0) is 15.5. The van der Waals surface area contributed by atoms with Crippen LogP contribution in [0.15, 0.2) is 18.2 Å². The van der Waals surface area contributed by atoms with Crippen molar-refractivity contribution in [3.05, 3.63) is 18.2 Å². The van der Waals surface area contributed by atoms with E-state index >= 15 is 0 Å². The van der Waals surface area contributed by atoms with Gasteiger partial charge in [0.2, 0.25) is 0 Å². The molecule has 7 heteroatoms. The van der Waals surface area contributed by atoms with E-state index < -0.39 is 12.0 Å². The molecule has 0 spiro atoms. The van der Waals surface area contributed by atoms with Gasteiger partial charge in [-0.2, -0.15) is 0 Å². The highest BCUT2D eigenvalue weighted by Gasteiger charge is 2.11. The standard InChI is InChI=1S/C9H12O3.C4H9NO3/c1-10-7-4-8(11-2)6-9(5-7)12-3;1-5-3(2-6)4(7)8/h4-6H,1-3H3;3,5-6H,2H2,1H3,(H,7,8). The average molecular weight is 287 g/mol. The number of aliphatic hydroxyl groups excluding tert-OH is 1. The third kappa shape index (κ3) is 6.26. The molecular weight excluding hydrogens is 266 g/mol. The number of nitrogens with one attached hydrogen (secondary N) is 1. The van der Waals surface area contributed by atoms with Crippen molar-refractivity contribution in [1.29, 1.82) is 0 Å². The minimum atomic E-state index is -1.03. The van der Waals surface area contributed by atoms with Gasteiger partial charge < -0.3 is 29.7 Å². The lowest BCUT2D eigenvalue weighted by Gasteiger charge is -2.06. The van der Waals surface area contributed by atoms with Crippen LogP contribution in [0.2, 0.25) is 0 Å². The monoisotopic (exact) mass is 287 g/mol. The minimum absolute atomic E-state index is 0.369. The number of aliphatic hydroxyl groups is 1. The molecule has 0 amide bonds. The molecule has 1 rings (SSSR count). The Balaban J connectivity index is 0.000000396. The van der Waals surface area contributed by atoms with Crippen LogP contribution in [0.4, 0.5) is 0 Å². The van der Waals surface area contributed by atoms with E-state index in [0.29, 0.717) is 0 Å². The topological polar surface area (TPSA) is 97.3 Å². The van der Waals surface area contributed by atoms with Gasteiger partial charge in [0.1, 0.15) is 23.3 Å². The zero-order valence-electron chi connectivity index (χ0n) is 12.0. The van der Waals surface area contributed by atoms with Gasteiger partial charge in [-0.1, -0.05) is 0 Å². The van der Waals surface area contributed by atoms with Crippen molar-refractivity contribution in [2.45, 2.75) is 6.04 Å². The molecule has 0 fully saturated rings. The van der Waals surface area contributed by atoms with E-state index in [0.717, 1.165) is 17.2 Å². The fourth-order valence-electron chi connectivity index (χ4n) is 1.19. The summed E-state index contributed by atoms with van der Waals surface area (Å²) in [6.45, 7) is -0.369. The van der Waals surface area contributed by atoms with Crippen LogP contribution in [-0.2, 0) is 4.79 Å². The largest absolute Gasteiger partial charge is 0.496 e. The number of likely N-dealkylation sites (N-methyl/N-ethyl adjacent to an activating group) is 1. The number of carbonyl (C=O) groups is 1. The van der Waals surface area contributed by atoms with Crippen LogP contribution in [-0.4, -0.2) is 57.2 Å². The van der Waals surface area contributed by atoms with Crippen LogP contribution in [0.3, 0.4) is 0 Å². The van der Waals surface area contributed by atoms with Gasteiger partial charge in [0, 0.05) is 18.2 Å². The van der Waals surface area contributed by atoms with Crippen molar-refractivity contribution < 1.29 is 29.2 Å². The molecule has 0 aliphatic heterocycles. The predicted octanol–water partition coefficient (Wildman–Crippen LogP) is 0.364. The smallest absolute Gasteiger partial charge is 0.323 e. The second kappa shape index (κ2) is 9.88.